The van der Waals surface area contributed by atoms with E-state index in [0.29, 0.717) is 0 Å². The van der Waals surface area contributed by atoms with Crippen LogP contribution in [0.25, 0.3) is 21.5 Å². The van der Waals surface area contributed by atoms with Gasteiger partial charge < -0.3 is 23.8 Å². The van der Waals surface area contributed by atoms with Crippen molar-refractivity contribution in [2.45, 2.75) is 38.8 Å². The lowest BCUT2D eigenvalue weighted by atomic mass is 9.85. The molecule has 0 radical (unpaired) electrons. The van der Waals surface area contributed by atoms with Crippen LogP contribution >= 0.6 is 0 Å². The lowest BCUT2D eigenvalue weighted by Crippen LogP contribution is -3.13. The first kappa shape index (κ1) is 25.6. The van der Waals surface area contributed by atoms with Crippen LogP contribution in [0.3, 0.4) is 0 Å². The Balaban J connectivity index is 0.000000384. The Hall–Kier alpha value is -3.44. The number of allylic oxidation sites excluding steroid dienone is 4. The highest BCUT2D eigenvalue weighted by atomic mass is 16.5. The van der Waals surface area contributed by atoms with E-state index in [2.05, 4.69) is 37.4 Å². The van der Waals surface area contributed by atoms with E-state index in [1.807, 2.05) is 13.0 Å². The van der Waals surface area contributed by atoms with Gasteiger partial charge in [0, 0.05) is 24.8 Å². The van der Waals surface area contributed by atoms with Crippen LogP contribution in [0.15, 0.2) is 61.2 Å². The predicted molar refractivity (Wildman–Crippen MR) is 148 cm³/mol. The number of fused-ring (bicyclic) bond motifs is 7. The minimum Gasteiger partial charge on any atom is -0.493 e. The molecule has 36 heavy (non-hydrogen) atoms. The molecule has 2 aliphatic rings. The van der Waals surface area contributed by atoms with Gasteiger partial charge in [0.25, 0.3) is 0 Å². The van der Waals surface area contributed by atoms with Gasteiger partial charge in [-0.1, -0.05) is 37.0 Å². The molecule has 5 nitrogen and oxygen atoms in total. The molecule has 2 aliphatic heterocycles. The Morgan fingerprint density at radius 1 is 0.806 bits per heavy atom. The smallest absolute Gasteiger partial charge is 0.161 e. The normalized spacial score (nSPS) is 18.5. The first-order valence-electron chi connectivity index (χ1n) is 12.5. The number of hydrogen-bond donors (Lipinski definition) is 1. The Morgan fingerprint density at radius 3 is 1.75 bits per heavy atom. The van der Waals surface area contributed by atoms with Gasteiger partial charge in [-0.2, -0.15) is 0 Å². The van der Waals surface area contributed by atoms with Crippen molar-refractivity contribution in [3.05, 3.63) is 72.4 Å². The minimum atomic E-state index is 0.719. The highest BCUT2D eigenvalue weighted by molar-refractivity contribution is 6.12. The topological polar surface area (TPSA) is 41.4 Å². The molecule has 3 aromatic rings. The van der Waals surface area contributed by atoms with E-state index < -0.39 is 0 Å². The summed E-state index contributed by atoms with van der Waals surface area (Å²) in [6.07, 6.45) is 9.19. The van der Waals surface area contributed by atoms with Gasteiger partial charge in [0.1, 0.15) is 6.54 Å². The second-order valence-corrected chi connectivity index (χ2v) is 9.44. The fraction of sp³-hybridized carbons (Fsp3) is 0.355. The number of ether oxygens (including phenoxy) is 4. The molecule has 1 saturated heterocycles. The SMILES string of the molecule is C=C/C=C(/C)C=C.COc1cc2c3c(c4cc(OC)c(OC)cc4c2cc1OC)C[NH+]1CCCC1C3. The summed E-state index contributed by atoms with van der Waals surface area (Å²) in [5, 5.41) is 4.88. The molecule has 190 valence electrons. The van der Waals surface area contributed by atoms with Gasteiger partial charge in [0.05, 0.1) is 41.0 Å². The average molecular weight is 489 g/mol. The lowest BCUT2D eigenvalue weighted by molar-refractivity contribution is -0.927. The van der Waals surface area contributed by atoms with Crippen molar-refractivity contribution >= 4 is 21.5 Å². The Labute approximate surface area is 214 Å². The number of methoxy groups -OCH3 is 4. The Kier molecular flexibility index (Phi) is 7.90. The molecular weight excluding hydrogens is 450 g/mol. The van der Waals surface area contributed by atoms with Crippen molar-refractivity contribution in [2.75, 3.05) is 35.0 Å². The predicted octanol–water partition coefficient (Wildman–Crippen LogP) is 5.44. The molecule has 2 unspecified atom stereocenters. The van der Waals surface area contributed by atoms with E-state index in [-0.39, 0.29) is 0 Å². The highest BCUT2D eigenvalue weighted by Gasteiger charge is 2.36. The quantitative estimate of drug-likeness (QED) is 0.371. The first-order chi connectivity index (χ1) is 17.5. The summed E-state index contributed by atoms with van der Waals surface area (Å²) in [6.45, 7) is 11.4. The number of rotatable bonds is 6. The maximum absolute atomic E-state index is 5.64. The zero-order valence-electron chi connectivity index (χ0n) is 22.2. The Bertz CT molecular complexity index is 1240. The van der Waals surface area contributed by atoms with Crippen LogP contribution in [0.1, 0.15) is 30.9 Å². The number of nitrogens with one attached hydrogen (secondary N) is 1. The third-order valence-electron chi connectivity index (χ3n) is 7.54. The van der Waals surface area contributed by atoms with Crippen molar-refractivity contribution in [2.24, 2.45) is 0 Å². The fourth-order valence-electron chi connectivity index (χ4n) is 5.65. The number of benzene rings is 3. The molecule has 1 N–H and O–H groups in total. The molecule has 0 bridgehead atoms. The van der Waals surface area contributed by atoms with Crippen LogP contribution in [0.5, 0.6) is 23.0 Å². The van der Waals surface area contributed by atoms with Crippen LogP contribution in [0.2, 0.25) is 0 Å². The third kappa shape index (κ3) is 4.68. The summed E-state index contributed by atoms with van der Waals surface area (Å²) in [7, 11) is 6.78. The molecule has 1 fully saturated rings. The van der Waals surface area contributed by atoms with E-state index in [4.69, 9.17) is 18.9 Å². The molecule has 5 heteroatoms. The molecule has 0 aliphatic carbocycles. The summed E-state index contributed by atoms with van der Waals surface area (Å²) in [5.41, 5.74) is 4.04. The zero-order chi connectivity index (χ0) is 25.8. The van der Waals surface area contributed by atoms with Crippen LogP contribution in [0, 0.1) is 0 Å². The average Bonchev–Trinajstić information content (AvgIpc) is 3.38. The van der Waals surface area contributed by atoms with Gasteiger partial charge in [0.15, 0.2) is 23.0 Å². The van der Waals surface area contributed by atoms with Gasteiger partial charge in [-0.05, 0) is 58.3 Å². The second-order valence-electron chi connectivity index (χ2n) is 9.44. The summed E-state index contributed by atoms with van der Waals surface area (Å²) < 4.78 is 22.5. The minimum absolute atomic E-state index is 0.719. The third-order valence-corrected chi connectivity index (χ3v) is 7.54. The molecule has 2 heterocycles. The molecule has 0 amide bonds. The summed E-state index contributed by atoms with van der Waals surface area (Å²) >= 11 is 0. The molecule has 3 aromatic carbocycles. The Morgan fingerprint density at radius 2 is 1.31 bits per heavy atom. The van der Waals surface area contributed by atoms with E-state index in [1.54, 1.807) is 45.5 Å². The van der Waals surface area contributed by atoms with Crippen LogP contribution < -0.4 is 23.8 Å². The van der Waals surface area contributed by atoms with Crippen molar-refractivity contribution < 1.29 is 23.8 Å². The summed E-state index contributed by atoms with van der Waals surface area (Å²) in [5.74, 6) is 3.06. The highest BCUT2D eigenvalue weighted by Crippen LogP contribution is 2.44. The van der Waals surface area contributed by atoms with Crippen LogP contribution in [-0.2, 0) is 13.0 Å². The van der Waals surface area contributed by atoms with E-state index >= 15 is 0 Å². The van der Waals surface area contributed by atoms with Crippen molar-refractivity contribution in [3.63, 3.8) is 0 Å². The molecule has 0 saturated carbocycles. The molecule has 2 atom stereocenters. The van der Waals surface area contributed by atoms with Gasteiger partial charge in [-0.15, -0.1) is 0 Å². The van der Waals surface area contributed by atoms with Crippen molar-refractivity contribution in [3.8, 4) is 23.0 Å². The number of quaternary nitrogens is 1. The summed E-state index contributed by atoms with van der Waals surface area (Å²) in [4.78, 5) is 1.72. The van der Waals surface area contributed by atoms with E-state index in [1.165, 1.54) is 52.1 Å². The monoisotopic (exact) mass is 488 g/mol. The van der Waals surface area contributed by atoms with Gasteiger partial charge in [0.2, 0.25) is 0 Å². The lowest BCUT2D eigenvalue weighted by Gasteiger charge is -2.31. The standard InChI is InChI=1S/C24H27NO4.C7H10/c1-26-21-9-16-15-8-14-6-5-7-25(14)13-20(15)19-12-24(29-4)23(28-3)11-18(19)17(16)10-22(21)27-2;1-4-6-7(3)5-2/h9-12,14H,5-8,13H2,1-4H3;4-6H,1-2H2,3H3/p+1/b;7-6-. The zero-order valence-corrected chi connectivity index (χ0v) is 22.2. The summed E-state index contributed by atoms with van der Waals surface area (Å²) in [6, 6.07) is 9.24. The molecule has 5 rings (SSSR count). The first-order valence-corrected chi connectivity index (χ1v) is 12.5. The van der Waals surface area contributed by atoms with Crippen molar-refractivity contribution in [1.82, 2.24) is 0 Å². The van der Waals surface area contributed by atoms with Crippen LogP contribution in [-0.4, -0.2) is 41.0 Å². The fourth-order valence-corrected chi connectivity index (χ4v) is 5.65. The van der Waals surface area contributed by atoms with Crippen LogP contribution in [0.4, 0.5) is 0 Å². The maximum Gasteiger partial charge on any atom is 0.161 e. The van der Waals surface area contributed by atoms with Gasteiger partial charge in [-0.3, -0.25) is 0 Å². The second kappa shape index (κ2) is 11.1. The largest absolute Gasteiger partial charge is 0.493 e. The number of hydrogen-bond acceptors (Lipinski definition) is 4. The molecule has 0 spiro atoms. The molecule has 0 aromatic heterocycles. The molecular formula is C31H38NO4+. The van der Waals surface area contributed by atoms with E-state index in [0.717, 1.165) is 47.6 Å². The van der Waals surface area contributed by atoms with Crippen molar-refractivity contribution in [1.29, 1.82) is 0 Å². The van der Waals surface area contributed by atoms with Gasteiger partial charge >= 0.3 is 0 Å². The maximum atomic E-state index is 5.64. The van der Waals surface area contributed by atoms with Gasteiger partial charge in [-0.25, -0.2) is 0 Å². The van der Waals surface area contributed by atoms with E-state index in [9.17, 15) is 0 Å².